The predicted molar refractivity (Wildman–Crippen MR) is 61.0 cm³/mol. The zero-order valence-corrected chi connectivity index (χ0v) is 9.86. The maximum atomic E-state index is 10.8. The molecule has 0 rings (SSSR count). The van der Waals surface area contributed by atoms with Gasteiger partial charge in [0.1, 0.15) is 4.32 Å². The lowest BCUT2D eigenvalue weighted by atomic mass is 9.90. The van der Waals surface area contributed by atoms with Gasteiger partial charge < -0.3 is 25.7 Å². The van der Waals surface area contributed by atoms with Crippen molar-refractivity contribution >= 4 is 47.1 Å². The number of carbonyl (C=O) groups is 3. The molecule has 96 valence electrons. The number of nitrogens with one attached hydrogen (secondary N) is 1. The average Bonchev–Trinajstić information content (AvgIpc) is 2.11. The van der Waals surface area contributed by atoms with Gasteiger partial charge in [-0.25, -0.2) is 9.59 Å². The number of aliphatic carboxylic acids is 3. The minimum Gasteiger partial charge on any atom is -0.481 e. The van der Waals surface area contributed by atoms with Crippen LogP contribution in [0.5, 0.6) is 0 Å². The molecule has 10 heteroatoms. The fourth-order valence-electron chi connectivity index (χ4n) is 1.04. The third-order valence-corrected chi connectivity index (χ3v) is 2.03. The fraction of sp³-hybridized carbons (Fsp3) is 0.429. The molecule has 0 aromatic rings. The lowest BCUT2D eigenvalue weighted by molar-refractivity contribution is -0.173. The minimum atomic E-state index is -3.04. The van der Waals surface area contributed by atoms with Gasteiger partial charge in [-0.1, -0.05) is 12.2 Å². The van der Waals surface area contributed by atoms with E-state index in [4.69, 9.17) is 15.3 Å². The van der Waals surface area contributed by atoms with Crippen molar-refractivity contribution in [2.24, 2.45) is 0 Å². The second-order valence-electron chi connectivity index (χ2n) is 3.02. The molecular formula is C7H9NO7S2. The number of rotatable bonds is 6. The highest BCUT2D eigenvalue weighted by Gasteiger charge is 2.50. The van der Waals surface area contributed by atoms with Crippen LogP contribution < -0.4 is 5.32 Å². The zero-order valence-electron chi connectivity index (χ0n) is 8.15. The topological polar surface area (TPSA) is 144 Å². The molecule has 2 atom stereocenters. The molecule has 0 aliphatic rings. The van der Waals surface area contributed by atoms with E-state index in [1.54, 1.807) is 0 Å². The molecule has 0 aromatic carbocycles. The summed E-state index contributed by atoms with van der Waals surface area (Å²) in [6.07, 6.45) is -1.30. The van der Waals surface area contributed by atoms with Crippen molar-refractivity contribution in [3.63, 3.8) is 0 Å². The number of aliphatic hydroxyl groups is 1. The summed E-state index contributed by atoms with van der Waals surface area (Å²) >= 11 is 7.93. The molecule has 0 fully saturated rings. The highest BCUT2D eigenvalue weighted by Crippen LogP contribution is 2.17. The van der Waals surface area contributed by atoms with Crippen molar-refractivity contribution in [3.8, 4) is 0 Å². The number of thiol groups is 1. The molecule has 8 nitrogen and oxygen atoms in total. The van der Waals surface area contributed by atoms with Gasteiger partial charge in [-0.05, 0) is 0 Å². The molecule has 0 saturated heterocycles. The van der Waals surface area contributed by atoms with Gasteiger partial charge in [-0.3, -0.25) is 4.79 Å². The highest BCUT2D eigenvalue weighted by molar-refractivity contribution is 8.11. The van der Waals surface area contributed by atoms with Crippen LogP contribution >= 0.6 is 24.8 Å². The van der Waals surface area contributed by atoms with Crippen LogP contribution in [0.1, 0.15) is 6.42 Å². The van der Waals surface area contributed by atoms with Crippen molar-refractivity contribution in [2.75, 3.05) is 0 Å². The van der Waals surface area contributed by atoms with Gasteiger partial charge in [-0.2, -0.15) is 0 Å². The van der Waals surface area contributed by atoms with Gasteiger partial charge in [0.05, 0.1) is 6.42 Å². The van der Waals surface area contributed by atoms with Gasteiger partial charge >= 0.3 is 17.9 Å². The van der Waals surface area contributed by atoms with E-state index >= 15 is 0 Å². The Morgan fingerprint density at radius 3 is 2.00 bits per heavy atom. The smallest absolute Gasteiger partial charge is 0.339 e. The molecule has 0 aliphatic heterocycles. The quantitative estimate of drug-likeness (QED) is 0.254. The Morgan fingerprint density at radius 1 is 1.29 bits per heavy atom. The van der Waals surface area contributed by atoms with Crippen molar-refractivity contribution in [2.45, 2.75) is 18.1 Å². The van der Waals surface area contributed by atoms with Crippen LogP contribution in [-0.2, 0) is 14.4 Å². The number of hydrogen-bond acceptors (Lipinski definition) is 5. The summed E-state index contributed by atoms with van der Waals surface area (Å²) in [5.74, 6) is -5.44. The predicted octanol–water partition coefficient (Wildman–Crippen LogP) is -1.47. The molecule has 0 saturated carbocycles. The van der Waals surface area contributed by atoms with Crippen LogP contribution in [0.25, 0.3) is 0 Å². The second kappa shape index (κ2) is 5.80. The van der Waals surface area contributed by atoms with Gasteiger partial charge in [0.25, 0.3) is 0 Å². The van der Waals surface area contributed by atoms with E-state index < -0.39 is 36.0 Å². The van der Waals surface area contributed by atoms with E-state index in [0.29, 0.717) is 0 Å². The standard InChI is InChI=1S/C7H9NO7S2/c9-2(10)1-7(15,5(13)14)3(4(11)12)8-6(16)17/h3,15H,1H2,(H,9,10)(H,11,12)(H,13,14)(H2,8,16,17). The second-order valence-corrected chi connectivity index (χ2v) is 4.18. The fourth-order valence-corrected chi connectivity index (χ4v) is 1.29. The maximum Gasteiger partial charge on any atom is 0.339 e. The molecule has 0 aliphatic carbocycles. The third kappa shape index (κ3) is 4.17. The lowest BCUT2D eigenvalue weighted by Gasteiger charge is -2.28. The normalized spacial score (nSPS) is 15.4. The molecule has 0 radical (unpaired) electrons. The van der Waals surface area contributed by atoms with E-state index in [1.807, 2.05) is 5.32 Å². The first kappa shape index (κ1) is 15.6. The molecule has 2 unspecified atom stereocenters. The summed E-state index contributed by atoms with van der Waals surface area (Å²) in [6, 6.07) is -2.12. The molecule has 0 amide bonds. The molecular weight excluding hydrogens is 274 g/mol. The Balaban J connectivity index is 5.36. The zero-order chi connectivity index (χ0) is 13.8. The van der Waals surface area contributed by atoms with E-state index in [9.17, 15) is 19.5 Å². The molecule has 0 heterocycles. The molecule has 5 N–H and O–H groups in total. The SMILES string of the molecule is O=C(O)CC(O)(C(=O)O)C(NC(=S)S)C(=O)O. The summed E-state index contributed by atoms with van der Waals surface area (Å²) in [5, 5.41) is 37.5. The van der Waals surface area contributed by atoms with Crippen LogP contribution in [0, 0.1) is 0 Å². The van der Waals surface area contributed by atoms with Crippen molar-refractivity contribution < 1.29 is 34.8 Å². The largest absolute Gasteiger partial charge is 0.481 e. The number of carboxylic acids is 3. The van der Waals surface area contributed by atoms with Gasteiger partial charge in [-0.15, -0.1) is 12.6 Å². The van der Waals surface area contributed by atoms with Crippen LogP contribution in [0.2, 0.25) is 0 Å². The molecule has 0 aromatic heterocycles. The minimum absolute atomic E-state index is 0.387. The molecule has 0 bridgehead atoms. The summed E-state index contributed by atoms with van der Waals surface area (Å²) in [7, 11) is 0. The van der Waals surface area contributed by atoms with Crippen molar-refractivity contribution in [3.05, 3.63) is 0 Å². The van der Waals surface area contributed by atoms with E-state index in [0.717, 1.165) is 0 Å². The maximum absolute atomic E-state index is 10.8. The van der Waals surface area contributed by atoms with Crippen molar-refractivity contribution in [1.82, 2.24) is 5.32 Å². The first-order valence-corrected chi connectivity index (χ1v) is 4.86. The van der Waals surface area contributed by atoms with Crippen LogP contribution in [-0.4, -0.2) is 54.3 Å². The van der Waals surface area contributed by atoms with Gasteiger partial charge in [0, 0.05) is 0 Å². The van der Waals surface area contributed by atoms with Crippen molar-refractivity contribution in [1.29, 1.82) is 0 Å². The first-order valence-electron chi connectivity index (χ1n) is 4.01. The first-order chi connectivity index (χ1) is 7.61. The van der Waals surface area contributed by atoms with E-state index in [1.165, 1.54) is 0 Å². The van der Waals surface area contributed by atoms with Gasteiger partial charge in [0.15, 0.2) is 6.04 Å². The summed E-state index contributed by atoms with van der Waals surface area (Å²) in [6.45, 7) is 0. The lowest BCUT2D eigenvalue weighted by Crippen LogP contribution is -2.61. The van der Waals surface area contributed by atoms with E-state index in [2.05, 4.69) is 24.8 Å². The van der Waals surface area contributed by atoms with Crippen LogP contribution in [0.15, 0.2) is 0 Å². The summed E-state index contributed by atoms with van der Waals surface area (Å²) < 4.78 is -0.387. The molecule has 17 heavy (non-hydrogen) atoms. The average molecular weight is 283 g/mol. The molecule has 0 spiro atoms. The van der Waals surface area contributed by atoms with E-state index in [-0.39, 0.29) is 4.32 Å². The Bertz CT molecular complexity index is 371. The Hall–Kier alpha value is -1.39. The Morgan fingerprint density at radius 2 is 1.76 bits per heavy atom. The Labute approximate surface area is 106 Å². The monoisotopic (exact) mass is 283 g/mol. The van der Waals surface area contributed by atoms with Crippen LogP contribution in [0.4, 0.5) is 0 Å². The number of carboxylic acid groups (broad SMARTS) is 3. The number of thiocarbonyl (C=S) groups is 1. The number of hydrogen-bond donors (Lipinski definition) is 6. The highest BCUT2D eigenvalue weighted by atomic mass is 32.1. The summed E-state index contributed by atoms with van der Waals surface area (Å²) in [5.41, 5.74) is -3.04. The summed E-state index contributed by atoms with van der Waals surface area (Å²) in [4.78, 5) is 32.0. The Kier molecular flexibility index (Phi) is 5.32. The van der Waals surface area contributed by atoms with Gasteiger partial charge in [0.2, 0.25) is 5.60 Å². The van der Waals surface area contributed by atoms with Crippen LogP contribution in [0.3, 0.4) is 0 Å². The third-order valence-electron chi connectivity index (χ3n) is 1.78.